The number of rotatable bonds is 23. The minimum absolute atomic E-state index is 0.873. The Hall–Kier alpha value is -1.44. The maximum Gasteiger partial charge on any atom is 0.187 e. The van der Waals surface area contributed by atoms with Gasteiger partial charge in [0.2, 0.25) is 0 Å². The Morgan fingerprint density at radius 2 is 0.551 bits per heavy atom. The summed E-state index contributed by atoms with van der Waals surface area (Å²) in [4.78, 5) is 0. The molecule has 6 saturated heterocycles. The summed E-state index contributed by atoms with van der Waals surface area (Å²) in [6.45, 7) is -7.61. The van der Waals surface area contributed by atoms with Gasteiger partial charge in [-0.1, -0.05) is 0 Å². The van der Waals surface area contributed by atoms with Crippen LogP contribution in [0.3, 0.4) is 0 Å². The van der Waals surface area contributed by atoms with Gasteiger partial charge in [-0.15, -0.1) is 0 Å². The standard InChI is InChI=1S/C42H74O36/c43-1-9(47)17(49)18(50)10(48)5-67-37-30(62)28(60)22(54)14(74-37)6-69-39-33(65)36(78-42-32(64)27(59)21(53)13(4-46)73-42)24(56)16(76-39)8-70-40-34(66)35(77-41-31(63)26(58)20(52)12(3-45)72-41)23(55)15(75-40)7-68-38-29(61)25(57)19(51)11(2-44)71-38/h9-66H,1-8H2/t9-,10+,11+,12+,13+,14+,15+,16+,17+,18+,19+,20+,21+,22+,23+,24+,25-,26-,27-,28-,29+,30+,31+,32+,33+,34+,35-,36-,37+,38+,39+,40+,41-,42-/m0/s1. The van der Waals surface area contributed by atoms with Crippen LogP contribution >= 0.6 is 0 Å². The molecule has 6 rings (SSSR count). The third-order valence-corrected chi connectivity index (χ3v) is 14.1. The molecule has 0 aromatic carbocycles. The average Bonchev–Trinajstić information content (AvgIpc) is 3.46. The lowest BCUT2D eigenvalue weighted by molar-refractivity contribution is -0.379. The van der Waals surface area contributed by atoms with Crippen LogP contribution in [0.25, 0.3) is 0 Å². The van der Waals surface area contributed by atoms with Crippen molar-refractivity contribution >= 4 is 0 Å². The summed E-state index contributed by atoms with van der Waals surface area (Å²) in [5.41, 5.74) is 0. The third-order valence-electron chi connectivity index (χ3n) is 14.1. The fourth-order valence-corrected chi connectivity index (χ4v) is 9.17. The molecule has 0 aromatic rings. The Morgan fingerprint density at radius 3 is 0.897 bits per heavy atom. The molecule has 0 bridgehead atoms. The Kier molecular flexibility index (Phi) is 24.3. The highest BCUT2D eigenvalue weighted by molar-refractivity contribution is 4.98. The lowest BCUT2D eigenvalue weighted by atomic mass is 9.96. The van der Waals surface area contributed by atoms with Crippen LogP contribution < -0.4 is 0 Å². The molecule has 6 fully saturated rings. The fraction of sp³-hybridized carbons (Fsp3) is 1.00. The number of aliphatic hydroxyl groups excluding tert-OH is 24. The molecular formula is C42H74O36. The van der Waals surface area contributed by atoms with Gasteiger partial charge in [-0.2, -0.15) is 0 Å². The first-order valence-electron chi connectivity index (χ1n) is 24.6. The maximum absolute atomic E-state index is 11.7. The van der Waals surface area contributed by atoms with Crippen molar-refractivity contribution in [3.63, 3.8) is 0 Å². The van der Waals surface area contributed by atoms with Crippen molar-refractivity contribution in [3.8, 4) is 0 Å². The molecule has 34 atom stereocenters. The summed E-state index contributed by atoms with van der Waals surface area (Å²) in [5, 5.41) is 251. The van der Waals surface area contributed by atoms with Crippen LogP contribution in [0.4, 0.5) is 0 Å². The van der Waals surface area contributed by atoms with Crippen molar-refractivity contribution in [2.45, 2.75) is 209 Å². The Balaban J connectivity index is 1.23. The van der Waals surface area contributed by atoms with E-state index >= 15 is 0 Å². The number of hydrogen-bond donors (Lipinski definition) is 24. The fourth-order valence-electron chi connectivity index (χ4n) is 9.17. The van der Waals surface area contributed by atoms with Gasteiger partial charge in [0.05, 0.1) is 52.9 Å². The molecule has 458 valence electrons. The molecule has 0 aliphatic carbocycles. The lowest BCUT2D eigenvalue weighted by Crippen LogP contribution is -2.66. The minimum atomic E-state index is -2.23. The lowest BCUT2D eigenvalue weighted by Gasteiger charge is -2.48. The molecule has 6 aliphatic heterocycles. The highest BCUT2D eigenvalue weighted by Crippen LogP contribution is 2.35. The van der Waals surface area contributed by atoms with E-state index in [4.69, 9.17) is 61.9 Å². The molecule has 6 heterocycles. The zero-order chi connectivity index (χ0) is 57.8. The smallest absolute Gasteiger partial charge is 0.187 e. The summed E-state index contributed by atoms with van der Waals surface area (Å²) in [6.07, 6.45) is -67.2. The van der Waals surface area contributed by atoms with Crippen LogP contribution in [-0.2, 0) is 56.8 Å². The SMILES string of the molecule is OC[C@H](O)[C@@H](O)[C@H](O)[C@H](O)CO[C@@H]1O[C@H](CO[C@@H]2O[C@H](CO[C@@H]3O[C@H](CO[C@@H]4O[C@H](CO)[C@@H](O)[C@H](O)[C@H]4O)[C@@H](O)[C@H](O[C@@H]4O[C@H](CO)[C@@H](O)[C@H](O)[C@H]4O)[C@H]3O)[C@@H](O)[C@H](O[C@@H]3O[C@H](CO)[C@@H](O)[C@H](O)[C@H]3O)[C@H]2O)[C@@H](O)[C@H](O)[C@H]1O. The predicted octanol–water partition coefficient (Wildman–Crippen LogP) is -16.6. The highest BCUT2D eigenvalue weighted by Gasteiger charge is 2.55. The van der Waals surface area contributed by atoms with Crippen molar-refractivity contribution in [2.75, 3.05) is 52.9 Å². The van der Waals surface area contributed by atoms with Crippen LogP contribution in [0.5, 0.6) is 0 Å². The zero-order valence-electron chi connectivity index (χ0n) is 40.9. The van der Waals surface area contributed by atoms with Crippen LogP contribution in [0.1, 0.15) is 0 Å². The van der Waals surface area contributed by atoms with Gasteiger partial charge in [-0.3, -0.25) is 0 Å². The van der Waals surface area contributed by atoms with Crippen molar-refractivity contribution in [1.82, 2.24) is 0 Å². The molecule has 24 N–H and O–H groups in total. The van der Waals surface area contributed by atoms with Gasteiger partial charge >= 0.3 is 0 Å². The molecule has 36 nitrogen and oxygen atoms in total. The molecule has 0 amide bonds. The van der Waals surface area contributed by atoms with Gasteiger partial charge in [0.1, 0.15) is 171 Å². The molecule has 0 saturated carbocycles. The van der Waals surface area contributed by atoms with Gasteiger partial charge < -0.3 is 179 Å². The number of aliphatic hydroxyl groups is 24. The Labute approximate surface area is 440 Å². The second-order valence-corrected chi connectivity index (χ2v) is 19.5. The topological polar surface area (TPSA) is 596 Å². The molecular weight excluding hydrogens is 1080 g/mol. The van der Waals surface area contributed by atoms with Gasteiger partial charge in [0.15, 0.2) is 37.7 Å². The summed E-state index contributed by atoms with van der Waals surface area (Å²) >= 11 is 0. The van der Waals surface area contributed by atoms with Crippen molar-refractivity contribution in [2.24, 2.45) is 0 Å². The molecule has 78 heavy (non-hydrogen) atoms. The van der Waals surface area contributed by atoms with Crippen molar-refractivity contribution in [3.05, 3.63) is 0 Å². The maximum atomic E-state index is 11.7. The largest absolute Gasteiger partial charge is 0.394 e. The first kappa shape index (κ1) is 65.7. The second kappa shape index (κ2) is 28.9. The van der Waals surface area contributed by atoms with E-state index in [1.54, 1.807) is 0 Å². The second-order valence-electron chi connectivity index (χ2n) is 19.5. The van der Waals surface area contributed by atoms with Crippen LogP contribution in [0.2, 0.25) is 0 Å². The van der Waals surface area contributed by atoms with E-state index in [1.165, 1.54) is 0 Å². The Bertz CT molecular complexity index is 1760. The highest BCUT2D eigenvalue weighted by atomic mass is 16.8. The predicted molar refractivity (Wildman–Crippen MR) is 234 cm³/mol. The summed E-state index contributed by atoms with van der Waals surface area (Å²) in [5.74, 6) is 0. The van der Waals surface area contributed by atoms with Crippen LogP contribution in [0.15, 0.2) is 0 Å². The molecule has 0 aromatic heterocycles. The summed E-state index contributed by atoms with van der Waals surface area (Å²) in [7, 11) is 0. The van der Waals surface area contributed by atoms with E-state index in [0.717, 1.165) is 0 Å². The van der Waals surface area contributed by atoms with Gasteiger partial charge in [-0.05, 0) is 0 Å². The van der Waals surface area contributed by atoms with Crippen molar-refractivity contribution in [1.29, 1.82) is 0 Å². The third kappa shape index (κ3) is 14.5. The molecule has 6 aliphatic rings. The Morgan fingerprint density at radius 1 is 0.282 bits per heavy atom. The molecule has 36 heteroatoms. The zero-order valence-corrected chi connectivity index (χ0v) is 40.9. The van der Waals surface area contributed by atoms with E-state index in [9.17, 15) is 117 Å². The number of ether oxygens (including phenoxy) is 12. The van der Waals surface area contributed by atoms with E-state index in [1.807, 2.05) is 0 Å². The minimum Gasteiger partial charge on any atom is -0.394 e. The first-order chi connectivity index (χ1) is 36.8. The monoisotopic (exact) mass is 1150 g/mol. The van der Waals surface area contributed by atoms with Gasteiger partial charge in [0.25, 0.3) is 0 Å². The molecule has 0 unspecified atom stereocenters. The average molecular weight is 1160 g/mol. The van der Waals surface area contributed by atoms with Crippen LogP contribution in [0, 0.1) is 0 Å². The van der Waals surface area contributed by atoms with Crippen LogP contribution in [-0.4, -0.2) is 384 Å². The molecule has 0 spiro atoms. The van der Waals surface area contributed by atoms with Gasteiger partial charge in [-0.25, -0.2) is 0 Å². The number of hydrogen-bond acceptors (Lipinski definition) is 36. The van der Waals surface area contributed by atoms with Gasteiger partial charge in [0, 0.05) is 0 Å². The summed E-state index contributed by atoms with van der Waals surface area (Å²) in [6, 6.07) is 0. The quantitative estimate of drug-likeness (QED) is 0.0452. The van der Waals surface area contributed by atoms with Crippen molar-refractivity contribution < 1.29 is 179 Å². The van der Waals surface area contributed by atoms with E-state index in [2.05, 4.69) is 0 Å². The van der Waals surface area contributed by atoms with E-state index < -0.39 is 262 Å². The van der Waals surface area contributed by atoms with E-state index in [0.29, 0.717) is 0 Å². The first-order valence-corrected chi connectivity index (χ1v) is 24.6. The van der Waals surface area contributed by atoms with E-state index in [-0.39, 0.29) is 0 Å². The normalized spacial score (nSPS) is 49.2. The molecule has 0 radical (unpaired) electrons. The summed E-state index contributed by atoms with van der Waals surface area (Å²) < 4.78 is 67.0.